The predicted molar refractivity (Wildman–Crippen MR) is 79.9 cm³/mol. The van der Waals surface area contributed by atoms with Gasteiger partial charge in [-0.05, 0) is 38.4 Å². The summed E-state index contributed by atoms with van der Waals surface area (Å²) in [5, 5.41) is 3.16. The Labute approximate surface area is 125 Å². The Balaban J connectivity index is 0.00000200. The third-order valence-electron chi connectivity index (χ3n) is 3.17. The molecule has 1 atom stereocenters. The molecule has 1 fully saturated rings. The van der Waals surface area contributed by atoms with Crippen LogP contribution in [0.5, 0.6) is 0 Å². The summed E-state index contributed by atoms with van der Waals surface area (Å²) in [6, 6.07) is 6.04. The van der Waals surface area contributed by atoms with Crippen LogP contribution in [0.15, 0.2) is 29.2 Å². The standard InChI is InChI=1S/C13H18N2O3S.ClH/c1-10(16)11-4-2-6-13(8-11)19(17,18)15-12-5-3-7-14-9-12;/h2,4,6,8,12,14-15H,3,5,7,9H2,1H3;1H/t12-;/m0./s1. The van der Waals surface area contributed by atoms with Crippen LogP contribution < -0.4 is 10.0 Å². The van der Waals surface area contributed by atoms with E-state index in [-0.39, 0.29) is 29.1 Å². The topological polar surface area (TPSA) is 75.3 Å². The van der Waals surface area contributed by atoms with Crippen LogP contribution >= 0.6 is 12.4 Å². The van der Waals surface area contributed by atoms with Crippen molar-refractivity contribution in [2.45, 2.75) is 30.7 Å². The van der Waals surface area contributed by atoms with Gasteiger partial charge in [0, 0.05) is 18.2 Å². The molecule has 1 aromatic carbocycles. The number of rotatable bonds is 4. The van der Waals surface area contributed by atoms with Crippen LogP contribution in [0, 0.1) is 0 Å². The largest absolute Gasteiger partial charge is 0.315 e. The third-order valence-corrected chi connectivity index (χ3v) is 4.69. The van der Waals surface area contributed by atoms with E-state index in [9.17, 15) is 13.2 Å². The minimum Gasteiger partial charge on any atom is -0.315 e. The van der Waals surface area contributed by atoms with Crippen LogP contribution in [-0.4, -0.2) is 33.3 Å². The van der Waals surface area contributed by atoms with Crippen molar-refractivity contribution < 1.29 is 13.2 Å². The van der Waals surface area contributed by atoms with Crippen molar-refractivity contribution in [2.24, 2.45) is 0 Å². The maximum atomic E-state index is 12.2. The summed E-state index contributed by atoms with van der Waals surface area (Å²) in [4.78, 5) is 11.4. The smallest absolute Gasteiger partial charge is 0.240 e. The van der Waals surface area contributed by atoms with E-state index in [1.165, 1.54) is 19.1 Å². The Kier molecular flexibility index (Phi) is 6.13. The van der Waals surface area contributed by atoms with Gasteiger partial charge in [-0.2, -0.15) is 0 Å². The van der Waals surface area contributed by atoms with Gasteiger partial charge >= 0.3 is 0 Å². The van der Waals surface area contributed by atoms with Crippen molar-refractivity contribution in [3.63, 3.8) is 0 Å². The summed E-state index contributed by atoms with van der Waals surface area (Å²) in [6.07, 6.45) is 1.79. The van der Waals surface area contributed by atoms with Gasteiger partial charge in [-0.15, -0.1) is 12.4 Å². The number of ketones is 1. The minimum atomic E-state index is -3.56. The first-order valence-corrected chi connectivity index (χ1v) is 7.81. The van der Waals surface area contributed by atoms with E-state index in [4.69, 9.17) is 0 Å². The SMILES string of the molecule is CC(=O)c1cccc(S(=O)(=O)N[C@H]2CCCNC2)c1.Cl. The number of Topliss-reactive ketones (excluding diaryl/α,β-unsaturated/α-hetero) is 1. The Morgan fingerprint density at radius 3 is 2.75 bits per heavy atom. The summed E-state index contributed by atoms with van der Waals surface area (Å²) in [5.41, 5.74) is 0.407. The molecule has 0 aliphatic carbocycles. The van der Waals surface area contributed by atoms with Crippen molar-refractivity contribution in [3.05, 3.63) is 29.8 Å². The molecule has 0 amide bonds. The lowest BCUT2D eigenvalue weighted by Gasteiger charge is -2.23. The normalized spacial score (nSPS) is 19.1. The Hall–Kier alpha value is -0.950. The van der Waals surface area contributed by atoms with Gasteiger partial charge in [0.05, 0.1) is 4.90 Å². The van der Waals surface area contributed by atoms with E-state index in [1.54, 1.807) is 12.1 Å². The number of benzene rings is 1. The minimum absolute atomic E-state index is 0. The van der Waals surface area contributed by atoms with Gasteiger partial charge in [0.25, 0.3) is 0 Å². The summed E-state index contributed by atoms with van der Waals surface area (Å²) in [6.45, 7) is 2.99. The highest BCUT2D eigenvalue weighted by Gasteiger charge is 2.22. The summed E-state index contributed by atoms with van der Waals surface area (Å²) < 4.78 is 27.1. The molecular formula is C13H19ClN2O3S. The predicted octanol–water partition coefficient (Wildman–Crippen LogP) is 1.34. The molecule has 0 spiro atoms. The summed E-state index contributed by atoms with van der Waals surface area (Å²) >= 11 is 0. The Bertz CT molecular complexity index is 569. The van der Waals surface area contributed by atoms with Crippen LogP contribution in [-0.2, 0) is 10.0 Å². The van der Waals surface area contributed by atoms with E-state index in [0.29, 0.717) is 12.1 Å². The van der Waals surface area contributed by atoms with Crippen LogP contribution in [0.1, 0.15) is 30.1 Å². The Morgan fingerprint density at radius 1 is 1.40 bits per heavy atom. The number of hydrogen-bond donors (Lipinski definition) is 2. The first kappa shape index (κ1) is 17.1. The molecule has 1 aliphatic heterocycles. The summed E-state index contributed by atoms with van der Waals surface area (Å²) in [7, 11) is -3.56. The van der Waals surface area contributed by atoms with Crippen molar-refractivity contribution in [3.8, 4) is 0 Å². The molecule has 1 heterocycles. The van der Waals surface area contributed by atoms with E-state index < -0.39 is 10.0 Å². The monoisotopic (exact) mass is 318 g/mol. The highest BCUT2D eigenvalue weighted by molar-refractivity contribution is 7.89. The van der Waals surface area contributed by atoms with E-state index in [1.807, 2.05) is 0 Å². The highest BCUT2D eigenvalue weighted by Crippen LogP contribution is 2.14. The van der Waals surface area contributed by atoms with Gasteiger partial charge in [0.15, 0.2) is 5.78 Å². The van der Waals surface area contributed by atoms with E-state index in [0.717, 1.165) is 19.4 Å². The molecule has 1 saturated heterocycles. The first-order valence-electron chi connectivity index (χ1n) is 6.33. The zero-order valence-electron chi connectivity index (χ0n) is 11.3. The molecule has 0 unspecified atom stereocenters. The maximum absolute atomic E-state index is 12.2. The molecule has 0 radical (unpaired) electrons. The molecule has 5 nitrogen and oxygen atoms in total. The second-order valence-corrected chi connectivity index (χ2v) is 6.46. The molecule has 2 rings (SSSR count). The number of halogens is 1. The molecule has 7 heteroatoms. The average molecular weight is 319 g/mol. The van der Waals surface area contributed by atoms with Gasteiger partial charge in [-0.25, -0.2) is 13.1 Å². The highest BCUT2D eigenvalue weighted by atomic mass is 35.5. The van der Waals surface area contributed by atoms with Gasteiger partial charge < -0.3 is 5.32 Å². The van der Waals surface area contributed by atoms with Gasteiger partial charge in [0.2, 0.25) is 10.0 Å². The first-order chi connectivity index (χ1) is 8.99. The number of sulfonamides is 1. The Morgan fingerprint density at radius 2 is 2.15 bits per heavy atom. The lowest BCUT2D eigenvalue weighted by molar-refractivity contribution is 0.101. The molecule has 0 aromatic heterocycles. The average Bonchev–Trinajstić information content (AvgIpc) is 2.39. The molecule has 1 aromatic rings. The number of carbonyl (C=O) groups is 1. The number of piperidine rings is 1. The quantitative estimate of drug-likeness (QED) is 0.822. The van der Waals surface area contributed by atoms with Crippen LogP contribution in [0.2, 0.25) is 0 Å². The molecule has 112 valence electrons. The van der Waals surface area contributed by atoms with Crippen molar-refractivity contribution >= 4 is 28.2 Å². The second-order valence-electron chi connectivity index (χ2n) is 4.75. The van der Waals surface area contributed by atoms with Crippen LogP contribution in [0.4, 0.5) is 0 Å². The van der Waals surface area contributed by atoms with E-state index >= 15 is 0 Å². The van der Waals surface area contributed by atoms with Gasteiger partial charge in [0.1, 0.15) is 0 Å². The fourth-order valence-electron chi connectivity index (χ4n) is 2.12. The second kappa shape index (κ2) is 7.17. The molecule has 2 N–H and O–H groups in total. The van der Waals surface area contributed by atoms with Crippen molar-refractivity contribution in [1.82, 2.24) is 10.0 Å². The number of carbonyl (C=O) groups excluding carboxylic acids is 1. The van der Waals surface area contributed by atoms with Crippen LogP contribution in [0.25, 0.3) is 0 Å². The lowest BCUT2D eigenvalue weighted by atomic mass is 10.1. The fourth-order valence-corrected chi connectivity index (χ4v) is 3.44. The third kappa shape index (κ3) is 4.28. The zero-order valence-corrected chi connectivity index (χ0v) is 12.9. The molecular weight excluding hydrogens is 300 g/mol. The number of hydrogen-bond acceptors (Lipinski definition) is 4. The van der Waals surface area contributed by atoms with Crippen LogP contribution in [0.3, 0.4) is 0 Å². The van der Waals surface area contributed by atoms with Gasteiger partial charge in [-0.3, -0.25) is 4.79 Å². The van der Waals surface area contributed by atoms with Gasteiger partial charge in [-0.1, -0.05) is 12.1 Å². The lowest BCUT2D eigenvalue weighted by Crippen LogP contribution is -2.45. The molecule has 20 heavy (non-hydrogen) atoms. The van der Waals surface area contributed by atoms with Crippen molar-refractivity contribution in [2.75, 3.05) is 13.1 Å². The zero-order chi connectivity index (χ0) is 13.9. The number of nitrogens with one attached hydrogen (secondary N) is 2. The molecule has 1 aliphatic rings. The maximum Gasteiger partial charge on any atom is 0.240 e. The van der Waals surface area contributed by atoms with E-state index in [2.05, 4.69) is 10.0 Å². The fraction of sp³-hybridized carbons (Fsp3) is 0.462. The molecule has 0 saturated carbocycles. The van der Waals surface area contributed by atoms with Crippen molar-refractivity contribution in [1.29, 1.82) is 0 Å². The molecule has 0 bridgehead atoms. The summed E-state index contributed by atoms with van der Waals surface area (Å²) in [5.74, 6) is -0.142.